The number of ether oxygens (including phenoxy) is 2. The number of morpholine rings is 1. The lowest BCUT2D eigenvalue weighted by Crippen LogP contribution is -2.42. The maximum atomic E-state index is 14.0. The highest BCUT2D eigenvalue weighted by Crippen LogP contribution is 2.41. The van der Waals surface area contributed by atoms with E-state index in [9.17, 15) is 4.79 Å². The predicted octanol–water partition coefficient (Wildman–Crippen LogP) is 3.96. The van der Waals surface area contributed by atoms with E-state index in [-0.39, 0.29) is 23.8 Å². The summed E-state index contributed by atoms with van der Waals surface area (Å²) in [6.07, 6.45) is 4.77. The van der Waals surface area contributed by atoms with Crippen molar-refractivity contribution in [2.75, 3.05) is 48.5 Å². The fraction of sp³-hybridized carbons (Fsp3) is 0.520. The fourth-order valence-electron chi connectivity index (χ4n) is 5.25. The Labute approximate surface area is 189 Å². The van der Waals surface area contributed by atoms with Crippen molar-refractivity contribution in [2.45, 2.75) is 38.8 Å². The first-order valence-electron chi connectivity index (χ1n) is 11.7. The number of benzene rings is 1. The zero-order valence-corrected chi connectivity index (χ0v) is 18.9. The van der Waals surface area contributed by atoms with E-state index in [4.69, 9.17) is 9.47 Å². The van der Waals surface area contributed by atoms with E-state index in [1.807, 2.05) is 11.0 Å². The Bertz CT molecular complexity index is 975. The molecule has 1 amide bonds. The van der Waals surface area contributed by atoms with Crippen LogP contribution >= 0.6 is 0 Å². The first-order chi connectivity index (χ1) is 15.6. The van der Waals surface area contributed by atoms with Crippen molar-refractivity contribution in [3.05, 3.63) is 42.1 Å². The Morgan fingerprint density at radius 1 is 1.22 bits per heavy atom. The summed E-state index contributed by atoms with van der Waals surface area (Å²) >= 11 is 0. The topological polar surface area (TPSA) is 66.9 Å². The van der Waals surface area contributed by atoms with E-state index in [0.29, 0.717) is 6.54 Å². The third kappa shape index (κ3) is 4.07. The summed E-state index contributed by atoms with van der Waals surface area (Å²) in [4.78, 5) is 22.8. The summed E-state index contributed by atoms with van der Waals surface area (Å²) in [5, 5.41) is 3.48. The molecular weight excluding hydrogens is 404 g/mol. The summed E-state index contributed by atoms with van der Waals surface area (Å²) in [7, 11) is 1.77. The summed E-state index contributed by atoms with van der Waals surface area (Å²) in [6.45, 7) is 5.89. The number of anilines is 4. The van der Waals surface area contributed by atoms with Gasteiger partial charge in [-0.25, -0.2) is 4.98 Å². The number of hydrogen-bond acceptors (Lipinski definition) is 6. The van der Waals surface area contributed by atoms with Gasteiger partial charge in [0.2, 0.25) is 5.91 Å². The van der Waals surface area contributed by atoms with Crippen molar-refractivity contribution in [3.8, 4) is 0 Å². The molecule has 1 saturated heterocycles. The van der Waals surface area contributed by atoms with Crippen LogP contribution in [-0.4, -0.2) is 50.4 Å². The van der Waals surface area contributed by atoms with Crippen LogP contribution in [0.3, 0.4) is 0 Å². The molecule has 1 N–H and O–H groups in total. The molecule has 0 unspecified atom stereocenters. The van der Waals surface area contributed by atoms with Gasteiger partial charge in [-0.15, -0.1) is 0 Å². The van der Waals surface area contributed by atoms with Crippen molar-refractivity contribution in [3.63, 3.8) is 0 Å². The highest BCUT2D eigenvalue weighted by molar-refractivity contribution is 6.00. The second-order valence-electron chi connectivity index (χ2n) is 9.12. The largest absolute Gasteiger partial charge is 0.381 e. The van der Waals surface area contributed by atoms with Crippen LogP contribution in [0.4, 0.5) is 22.9 Å². The third-order valence-corrected chi connectivity index (χ3v) is 7.16. The van der Waals surface area contributed by atoms with E-state index in [1.165, 1.54) is 0 Å². The molecule has 0 spiro atoms. The van der Waals surface area contributed by atoms with Gasteiger partial charge in [-0.3, -0.25) is 4.79 Å². The molecule has 1 aromatic carbocycles. The monoisotopic (exact) mass is 436 g/mol. The van der Waals surface area contributed by atoms with Crippen LogP contribution in [0.5, 0.6) is 0 Å². The van der Waals surface area contributed by atoms with E-state index >= 15 is 0 Å². The number of carbonyl (C=O) groups is 1. The quantitative estimate of drug-likeness (QED) is 0.786. The van der Waals surface area contributed by atoms with Gasteiger partial charge in [0.1, 0.15) is 5.82 Å². The summed E-state index contributed by atoms with van der Waals surface area (Å²) < 4.78 is 11.1. The first kappa shape index (κ1) is 21.2. The number of amides is 1. The van der Waals surface area contributed by atoms with Gasteiger partial charge >= 0.3 is 0 Å². The number of methoxy groups -OCH3 is 1. The van der Waals surface area contributed by atoms with Gasteiger partial charge in [-0.2, -0.15) is 0 Å². The van der Waals surface area contributed by atoms with Gasteiger partial charge in [0, 0.05) is 43.6 Å². The smallest absolute Gasteiger partial charge is 0.230 e. The maximum Gasteiger partial charge on any atom is 0.230 e. The molecule has 1 saturated carbocycles. The Balaban J connectivity index is 1.51. The maximum absolute atomic E-state index is 14.0. The Kier molecular flexibility index (Phi) is 6.02. The molecule has 3 heterocycles. The molecule has 7 heteroatoms. The fourth-order valence-corrected chi connectivity index (χ4v) is 5.25. The van der Waals surface area contributed by atoms with Gasteiger partial charge in [0.25, 0.3) is 0 Å². The molecule has 2 fully saturated rings. The van der Waals surface area contributed by atoms with Crippen LogP contribution in [0.25, 0.3) is 0 Å². The molecular formula is C25H32N4O3. The summed E-state index contributed by atoms with van der Waals surface area (Å²) in [6, 6.07) is 10.3. The standard InChI is InChI=1S/C25H32N4O3/c1-17-14-20(31-2)6-7-21(17)25(30)29-16-18-4-3-9-26-24(18)27-22-8-5-19(15-23(22)29)28-10-12-32-13-11-28/h3-5,8-9,15,17,20-21H,6-7,10-14,16H2,1-2H3,(H,26,27)/t17-,20-,21+/m1/s1. The van der Waals surface area contributed by atoms with Crippen LogP contribution in [0.2, 0.25) is 0 Å². The lowest BCUT2D eigenvalue weighted by atomic mass is 9.78. The number of nitrogens with zero attached hydrogens (tertiary/aromatic N) is 3. The lowest BCUT2D eigenvalue weighted by molar-refractivity contribution is -0.126. The SMILES string of the molecule is CO[C@@H]1CC[C@H](C(=O)N2Cc3cccnc3Nc3ccc(N4CCOCC4)cc32)[C@H](C)C1. The Hall–Kier alpha value is -2.64. The first-order valence-corrected chi connectivity index (χ1v) is 11.7. The van der Waals surface area contributed by atoms with Gasteiger partial charge in [-0.05, 0) is 49.4 Å². The average molecular weight is 437 g/mol. The zero-order valence-electron chi connectivity index (χ0n) is 18.9. The molecule has 3 atom stereocenters. The Morgan fingerprint density at radius 3 is 2.84 bits per heavy atom. The zero-order chi connectivity index (χ0) is 22.1. The average Bonchev–Trinajstić information content (AvgIpc) is 3.00. The van der Waals surface area contributed by atoms with Crippen LogP contribution in [0.15, 0.2) is 36.5 Å². The van der Waals surface area contributed by atoms with Crippen molar-refractivity contribution in [1.82, 2.24) is 4.98 Å². The molecule has 2 aromatic rings. The number of rotatable bonds is 3. The van der Waals surface area contributed by atoms with Crippen molar-refractivity contribution >= 4 is 28.8 Å². The van der Waals surface area contributed by atoms with Crippen LogP contribution < -0.4 is 15.1 Å². The van der Waals surface area contributed by atoms with Crippen LogP contribution in [-0.2, 0) is 20.8 Å². The van der Waals surface area contributed by atoms with Crippen molar-refractivity contribution in [1.29, 1.82) is 0 Å². The molecule has 170 valence electrons. The molecule has 1 aliphatic carbocycles. The molecule has 0 bridgehead atoms. The lowest BCUT2D eigenvalue weighted by Gasteiger charge is -2.36. The number of carbonyl (C=O) groups excluding carboxylic acids is 1. The predicted molar refractivity (Wildman–Crippen MR) is 125 cm³/mol. The van der Waals surface area contributed by atoms with E-state index < -0.39 is 0 Å². The molecule has 32 heavy (non-hydrogen) atoms. The van der Waals surface area contributed by atoms with E-state index in [0.717, 1.165) is 74.0 Å². The molecule has 5 rings (SSSR count). The molecule has 2 aliphatic heterocycles. The number of pyridine rings is 1. The normalized spacial score (nSPS) is 25.4. The third-order valence-electron chi connectivity index (χ3n) is 7.16. The highest BCUT2D eigenvalue weighted by atomic mass is 16.5. The minimum absolute atomic E-state index is 0.000450. The molecule has 1 aromatic heterocycles. The summed E-state index contributed by atoms with van der Waals surface area (Å²) in [5.41, 5.74) is 4.01. The Morgan fingerprint density at radius 2 is 2.06 bits per heavy atom. The van der Waals surface area contributed by atoms with Crippen LogP contribution in [0.1, 0.15) is 31.7 Å². The van der Waals surface area contributed by atoms with Gasteiger partial charge in [0.05, 0.1) is 37.2 Å². The van der Waals surface area contributed by atoms with Gasteiger partial charge < -0.3 is 24.6 Å². The van der Waals surface area contributed by atoms with Crippen LogP contribution in [0, 0.1) is 11.8 Å². The molecule has 0 radical (unpaired) electrons. The number of nitrogens with one attached hydrogen (secondary N) is 1. The minimum atomic E-state index is -0.000450. The second-order valence-corrected chi connectivity index (χ2v) is 9.12. The van der Waals surface area contributed by atoms with Gasteiger partial charge in [-0.1, -0.05) is 13.0 Å². The highest BCUT2D eigenvalue weighted by Gasteiger charge is 2.37. The van der Waals surface area contributed by atoms with Gasteiger partial charge in [0.15, 0.2) is 0 Å². The van der Waals surface area contributed by atoms with Crippen molar-refractivity contribution < 1.29 is 14.3 Å². The summed E-state index contributed by atoms with van der Waals surface area (Å²) in [5.74, 6) is 1.31. The van der Waals surface area contributed by atoms with E-state index in [1.54, 1.807) is 13.3 Å². The van der Waals surface area contributed by atoms with Crippen molar-refractivity contribution in [2.24, 2.45) is 11.8 Å². The molecule has 7 nitrogen and oxygen atoms in total. The van der Waals surface area contributed by atoms with E-state index in [2.05, 4.69) is 46.4 Å². The number of fused-ring (bicyclic) bond motifs is 2. The number of aromatic nitrogens is 1. The number of hydrogen-bond donors (Lipinski definition) is 1. The molecule has 3 aliphatic rings. The second kappa shape index (κ2) is 9.08. The minimum Gasteiger partial charge on any atom is -0.381 e.